The van der Waals surface area contributed by atoms with E-state index in [2.05, 4.69) is 176 Å². The second-order valence-electron chi connectivity index (χ2n) is 14.4. The Morgan fingerprint density at radius 1 is 0.296 bits per heavy atom. The minimum Gasteiger partial charge on any atom is -0.456 e. The Balaban J connectivity index is 1.02. The molecule has 12 rings (SSSR count). The van der Waals surface area contributed by atoms with Gasteiger partial charge in [0.2, 0.25) is 0 Å². The van der Waals surface area contributed by atoms with Gasteiger partial charge in [-0.1, -0.05) is 140 Å². The Bertz CT molecular complexity index is 3450. The highest BCUT2D eigenvalue weighted by atomic mass is 32.1. The summed E-state index contributed by atoms with van der Waals surface area (Å²) in [7, 11) is 0. The van der Waals surface area contributed by atoms with Crippen LogP contribution in [0.25, 0.3) is 119 Å². The maximum Gasteiger partial charge on any atom is 0.136 e. The number of fused-ring (bicyclic) bond motifs is 10. The summed E-state index contributed by atoms with van der Waals surface area (Å²) in [6.45, 7) is 0. The molecule has 2 heterocycles. The lowest BCUT2D eigenvalue weighted by atomic mass is 9.84. The first-order chi connectivity index (χ1) is 26.7. The van der Waals surface area contributed by atoms with Gasteiger partial charge >= 0.3 is 0 Å². The van der Waals surface area contributed by atoms with Gasteiger partial charge in [-0.25, -0.2) is 0 Å². The summed E-state index contributed by atoms with van der Waals surface area (Å²) in [6.07, 6.45) is 0. The number of hydrogen-bond donors (Lipinski definition) is 0. The number of rotatable bonds is 3. The quantitative estimate of drug-likeness (QED) is 0.167. The standard InChI is InChI=1S/C52H30OS/c1-2-15-37-31(11-1)12-10-21-39(37)52-42-19-5-3-17-40(42)51(41-18-4-6-20-43(41)52)35-14-9-13-32(25-35)33-23-24-34-27-45-46-29-44-38-16-7-8-22-47(38)53-48(44)30-50(46)54-49(45)28-36(34)26-33/h1-30H. The van der Waals surface area contributed by atoms with Crippen LogP contribution in [0.4, 0.5) is 0 Å². The molecule has 1 nitrogen and oxygen atoms in total. The summed E-state index contributed by atoms with van der Waals surface area (Å²) in [6, 6.07) is 66.9. The van der Waals surface area contributed by atoms with Crippen LogP contribution in [-0.2, 0) is 0 Å². The van der Waals surface area contributed by atoms with Gasteiger partial charge in [0, 0.05) is 30.9 Å². The number of thiophene rings is 1. The maximum absolute atomic E-state index is 6.24. The van der Waals surface area contributed by atoms with Crippen LogP contribution in [0.2, 0.25) is 0 Å². The summed E-state index contributed by atoms with van der Waals surface area (Å²) in [4.78, 5) is 0. The van der Waals surface area contributed by atoms with Gasteiger partial charge in [0.25, 0.3) is 0 Å². The molecule has 0 aliphatic carbocycles. The topological polar surface area (TPSA) is 13.1 Å². The molecule has 12 aromatic rings. The zero-order chi connectivity index (χ0) is 35.3. The number of benzene rings is 10. The molecular weight excluding hydrogens is 673 g/mol. The fourth-order valence-electron chi connectivity index (χ4n) is 8.94. The lowest BCUT2D eigenvalue weighted by Gasteiger charge is -2.19. The Labute approximate surface area is 314 Å². The molecule has 0 saturated heterocycles. The van der Waals surface area contributed by atoms with Crippen LogP contribution in [0.15, 0.2) is 186 Å². The van der Waals surface area contributed by atoms with E-state index in [1.165, 1.54) is 107 Å². The summed E-state index contributed by atoms with van der Waals surface area (Å²) in [5.41, 5.74) is 9.38. The van der Waals surface area contributed by atoms with Gasteiger partial charge < -0.3 is 4.42 Å². The van der Waals surface area contributed by atoms with E-state index in [9.17, 15) is 0 Å². The predicted molar refractivity (Wildman–Crippen MR) is 233 cm³/mol. The van der Waals surface area contributed by atoms with Gasteiger partial charge in [0.1, 0.15) is 11.2 Å². The molecule has 0 fully saturated rings. The SMILES string of the molecule is c1cc(-c2ccc3cc4c(cc3c2)sc2cc3oc5ccccc5c3cc24)cc(-c2c3ccccc3c(-c3cccc4ccccc34)c3ccccc23)c1. The van der Waals surface area contributed by atoms with E-state index in [1.54, 1.807) is 0 Å². The van der Waals surface area contributed by atoms with Crippen molar-refractivity contribution in [3.63, 3.8) is 0 Å². The van der Waals surface area contributed by atoms with Crippen molar-refractivity contribution in [1.82, 2.24) is 0 Å². The average Bonchev–Trinajstić information content (AvgIpc) is 3.77. The highest BCUT2D eigenvalue weighted by Crippen LogP contribution is 2.46. The third kappa shape index (κ3) is 4.38. The fraction of sp³-hybridized carbons (Fsp3) is 0. The molecule has 0 aliphatic rings. The highest BCUT2D eigenvalue weighted by molar-refractivity contribution is 7.26. The molecule has 0 N–H and O–H groups in total. The summed E-state index contributed by atoms with van der Waals surface area (Å²) < 4.78 is 8.79. The van der Waals surface area contributed by atoms with Crippen LogP contribution in [0.3, 0.4) is 0 Å². The van der Waals surface area contributed by atoms with Crippen LogP contribution < -0.4 is 0 Å². The molecule has 0 radical (unpaired) electrons. The molecule has 0 bridgehead atoms. The van der Waals surface area contributed by atoms with Gasteiger partial charge in [0.15, 0.2) is 0 Å². The number of furan rings is 1. The van der Waals surface area contributed by atoms with E-state index in [-0.39, 0.29) is 0 Å². The molecule has 250 valence electrons. The molecule has 0 aliphatic heterocycles. The van der Waals surface area contributed by atoms with E-state index in [1.807, 2.05) is 17.4 Å². The van der Waals surface area contributed by atoms with Crippen LogP contribution >= 0.6 is 11.3 Å². The molecular formula is C52H30OS. The summed E-state index contributed by atoms with van der Waals surface area (Å²) >= 11 is 1.84. The molecule has 0 saturated carbocycles. The monoisotopic (exact) mass is 702 g/mol. The van der Waals surface area contributed by atoms with E-state index in [0.717, 1.165) is 11.2 Å². The Morgan fingerprint density at radius 2 is 0.907 bits per heavy atom. The van der Waals surface area contributed by atoms with Crippen molar-refractivity contribution >= 4 is 96.5 Å². The molecule has 54 heavy (non-hydrogen) atoms. The largest absolute Gasteiger partial charge is 0.456 e. The normalized spacial score (nSPS) is 12.1. The Kier molecular flexibility index (Phi) is 6.28. The molecule has 0 spiro atoms. The van der Waals surface area contributed by atoms with E-state index < -0.39 is 0 Å². The van der Waals surface area contributed by atoms with Crippen molar-refractivity contribution in [2.24, 2.45) is 0 Å². The minimum absolute atomic E-state index is 0.941. The Hall–Kier alpha value is -6.74. The smallest absolute Gasteiger partial charge is 0.136 e. The van der Waals surface area contributed by atoms with Crippen molar-refractivity contribution in [2.75, 3.05) is 0 Å². The number of hydrogen-bond acceptors (Lipinski definition) is 2. The van der Waals surface area contributed by atoms with Crippen molar-refractivity contribution in [3.05, 3.63) is 182 Å². The predicted octanol–water partition coefficient (Wildman–Crippen LogP) is 15.6. The van der Waals surface area contributed by atoms with Crippen LogP contribution in [0, 0.1) is 0 Å². The van der Waals surface area contributed by atoms with Gasteiger partial charge in [-0.15, -0.1) is 11.3 Å². The molecule has 0 atom stereocenters. The molecule has 2 heteroatoms. The van der Waals surface area contributed by atoms with Gasteiger partial charge in [-0.3, -0.25) is 0 Å². The second-order valence-corrected chi connectivity index (χ2v) is 15.5. The first-order valence-electron chi connectivity index (χ1n) is 18.5. The third-order valence-electron chi connectivity index (χ3n) is 11.4. The average molecular weight is 703 g/mol. The van der Waals surface area contributed by atoms with Gasteiger partial charge in [-0.05, 0) is 119 Å². The molecule has 0 amide bonds. The molecule has 10 aromatic carbocycles. The van der Waals surface area contributed by atoms with Crippen LogP contribution in [-0.4, -0.2) is 0 Å². The van der Waals surface area contributed by atoms with E-state index >= 15 is 0 Å². The Morgan fingerprint density at radius 3 is 1.72 bits per heavy atom. The van der Waals surface area contributed by atoms with E-state index in [4.69, 9.17) is 4.42 Å². The van der Waals surface area contributed by atoms with Crippen LogP contribution in [0.5, 0.6) is 0 Å². The molecule has 2 aromatic heterocycles. The summed E-state index contributed by atoms with van der Waals surface area (Å²) in [5.74, 6) is 0. The number of para-hydroxylation sites is 1. The van der Waals surface area contributed by atoms with Crippen molar-refractivity contribution in [3.8, 4) is 33.4 Å². The zero-order valence-electron chi connectivity index (χ0n) is 29.1. The van der Waals surface area contributed by atoms with Crippen molar-refractivity contribution < 1.29 is 4.42 Å². The second kappa shape index (κ2) is 11.4. The van der Waals surface area contributed by atoms with Crippen molar-refractivity contribution in [2.45, 2.75) is 0 Å². The van der Waals surface area contributed by atoms with Gasteiger partial charge in [0.05, 0.1) is 0 Å². The highest BCUT2D eigenvalue weighted by Gasteiger charge is 2.19. The lowest BCUT2D eigenvalue weighted by Crippen LogP contribution is -1.92. The first kappa shape index (κ1) is 29.8. The maximum atomic E-state index is 6.24. The van der Waals surface area contributed by atoms with Crippen molar-refractivity contribution in [1.29, 1.82) is 0 Å². The third-order valence-corrected chi connectivity index (χ3v) is 12.5. The van der Waals surface area contributed by atoms with E-state index in [0.29, 0.717) is 0 Å². The first-order valence-corrected chi connectivity index (χ1v) is 19.3. The summed E-state index contributed by atoms with van der Waals surface area (Å²) in [5, 5.41) is 15.0. The van der Waals surface area contributed by atoms with Gasteiger partial charge in [-0.2, -0.15) is 0 Å². The minimum atomic E-state index is 0.941. The molecule has 0 unspecified atom stereocenters. The lowest BCUT2D eigenvalue weighted by molar-refractivity contribution is 0.669. The zero-order valence-corrected chi connectivity index (χ0v) is 30.0. The van der Waals surface area contributed by atoms with Crippen LogP contribution in [0.1, 0.15) is 0 Å². The fourth-order valence-corrected chi connectivity index (χ4v) is 10.1.